The van der Waals surface area contributed by atoms with Crippen molar-refractivity contribution in [2.75, 3.05) is 5.73 Å². The lowest BCUT2D eigenvalue weighted by Crippen LogP contribution is -1.95. The molecule has 0 unspecified atom stereocenters. The molecule has 0 aliphatic heterocycles. The molecular weight excluding hydrogens is 189 g/mol. The predicted molar refractivity (Wildman–Crippen MR) is 52.1 cm³/mol. The van der Waals surface area contributed by atoms with E-state index >= 15 is 0 Å². The van der Waals surface area contributed by atoms with Crippen molar-refractivity contribution in [1.29, 1.82) is 0 Å². The van der Waals surface area contributed by atoms with Crippen LogP contribution >= 0.6 is 11.3 Å². The van der Waals surface area contributed by atoms with E-state index in [1.165, 1.54) is 17.4 Å². The minimum absolute atomic E-state index is 0.150. The van der Waals surface area contributed by atoms with Crippen LogP contribution in [0.1, 0.15) is 5.56 Å². The molecule has 0 bridgehead atoms. The monoisotopic (exact) mass is 197 g/mol. The fraction of sp³-hybridized carbons (Fsp3) is 0.111. The summed E-state index contributed by atoms with van der Waals surface area (Å²) in [6.07, 6.45) is 0. The SMILES string of the molecule is Nc1cc(F)c2ccsc2c1CO. The molecule has 68 valence electrons. The van der Waals surface area contributed by atoms with Gasteiger partial charge < -0.3 is 10.8 Å². The highest BCUT2D eigenvalue weighted by Gasteiger charge is 2.10. The Balaban J connectivity index is 2.88. The van der Waals surface area contributed by atoms with Gasteiger partial charge in [-0.25, -0.2) is 4.39 Å². The van der Waals surface area contributed by atoms with Crippen LogP contribution in [0.15, 0.2) is 17.5 Å². The van der Waals surface area contributed by atoms with Crippen LogP contribution in [0.3, 0.4) is 0 Å². The van der Waals surface area contributed by atoms with Crippen LogP contribution in [0.2, 0.25) is 0 Å². The molecule has 2 nitrogen and oxygen atoms in total. The van der Waals surface area contributed by atoms with E-state index in [0.29, 0.717) is 16.6 Å². The van der Waals surface area contributed by atoms with Crippen LogP contribution in [0.5, 0.6) is 0 Å². The van der Waals surface area contributed by atoms with E-state index in [4.69, 9.17) is 10.8 Å². The first-order chi connectivity index (χ1) is 6.24. The molecular formula is C9H8FNOS. The highest BCUT2D eigenvalue weighted by atomic mass is 32.1. The van der Waals surface area contributed by atoms with Gasteiger partial charge in [-0.1, -0.05) is 0 Å². The van der Waals surface area contributed by atoms with Crippen LogP contribution < -0.4 is 5.73 Å². The Kier molecular flexibility index (Phi) is 1.94. The van der Waals surface area contributed by atoms with Gasteiger partial charge in [0, 0.05) is 21.3 Å². The molecule has 1 aromatic heterocycles. The topological polar surface area (TPSA) is 46.2 Å². The van der Waals surface area contributed by atoms with Crippen LogP contribution in [0, 0.1) is 5.82 Å². The van der Waals surface area contributed by atoms with Crippen molar-refractivity contribution in [1.82, 2.24) is 0 Å². The Hall–Kier alpha value is -1.13. The van der Waals surface area contributed by atoms with Crippen molar-refractivity contribution < 1.29 is 9.50 Å². The molecule has 0 aliphatic carbocycles. The van der Waals surface area contributed by atoms with Crippen LogP contribution in [0.25, 0.3) is 10.1 Å². The minimum atomic E-state index is -0.328. The van der Waals surface area contributed by atoms with Gasteiger partial charge in [-0.15, -0.1) is 11.3 Å². The Morgan fingerprint density at radius 3 is 3.00 bits per heavy atom. The van der Waals surface area contributed by atoms with E-state index in [1.54, 1.807) is 11.4 Å². The maximum Gasteiger partial charge on any atom is 0.133 e. The third-order valence-electron chi connectivity index (χ3n) is 1.99. The number of fused-ring (bicyclic) bond motifs is 1. The number of aliphatic hydroxyl groups excluding tert-OH is 1. The average Bonchev–Trinajstić information content (AvgIpc) is 2.53. The van der Waals surface area contributed by atoms with E-state index in [-0.39, 0.29) is 12.4 Å². The number of thiophene rings is 1. The number of halogens is 1. The Labute approximate surface area is 78.4 Å². The van der Waals surface area contributed by atoms with E-state index in [0.717, 1.165) is 4.70 Å². The molecule has 2 aromatic rings. The molecule has 0 radical (unpaired) electrons. The van der Waals surface area contributed by atoms with E-state index < -0.39 is 0 Å². The van der Waals surface area contributed by atoms with Crippen molar-refractivity contribution in [3.63, 3.8) is 0 Å². The molecule has 0 saturated heterocycles. The summed E-state index contributed by atoms with van der Waals surface area (Å²) in [6, 6.07) is 2.94. The van der Waals surface area contributed by atoms with Crippen LogP contribution in [-0.2, 0) is 6.61 Å². The van der Waals surface area contributed by atoms with Crippen molar-refractivity contribution in [3.8, 4) is 0 Å². The zero-order valence-corrected chi connectivity index (χ0v) is 7.57. The zero-order valence-electron chi connectivity index (χ0n) is 6.75. The quantitative estimate of drug-likeness (QED) is 0.688. The Morgan fingerprint density at radius 2 is 2.31 bits per heavy atom. The van der Waals surface area contributed by atoms with E-state index in [2.05, 4.69) is 0 Å². The van der Waals surface area contributed by atoms with Crippen molar-refractivity contribution in [3.05, 3.63) is 28.9 Å². The molecule has 0 saturated carbocycles. The van der Waals surface area contributed by atoms with Crippen LogP contribution in [-0.4, -0.2) is 5.11 Å². The van der Waals surface area contributed by atoms with Gasteiger partial charge in [-0.2, -0.15) is 0 Å². The molecule has 3 N–H and O–H groups in total. The number of rotatable bonds is 1. The third-order valence-corrected chi connectivity index (χ3v) is 2.96. The Morgan fingerprint density at radius 1 is 1.54 bits per heavy atom. The zero-order chi connectivity index (χ0) is 9.42. The smallest absolute Gasteiger partial charge is 0.133 e. The van der Waals surface area contributed by atoms with E-state index in [9.17, 15) is 4.39 Å². The summed E-state index contributed by atoms with van der Waals surface area (Å²) in [5.74, 6) is -0.328. The molecule has 4 heteroatoms. The first-order valence-corrected chi connectivity index (χ1v) is 4.67. The summed E-state index contributed by atoms with van der Waals surface area (Å²) in [7, 11) is 0. The molecule has 0 amide bonds. The number of nitrogen functional groups attached to an aromatic ring is 1. The maximum atomic E-state index is 13.2. The molecule has 2 rings (SSSR count). The molecule has 0 spiro atoms. The number of aliphatic hydroxyl groups is 1. The summed E-state index contributed by atoms with van der Waals surface area (Å²) in [5.41, 5.74) is 6.50. The van der Waals surface area contributed by atoms with Crippen molar-refractivity contribution in [2.24, 2.45) is 0 Å². The summed E-state index contributed by atoms with van der Waals surface area (Å²) in [5, 5.41) is 11.3. The fourth-order valence-corrected chi connectivity index (χ4v) is 2.28. The van der Waals surface area contributed by atoms with Crippen molar-refractivity contribution >= 4 is 27.1 Å². The number of anilines is 1. The van der Waals surface area contributed by atoms with Crippen molar-refractivity contribution in [2.45, 2.75) is 6.61 Å². The maximum absolute atomic E-state index is 13.2. The molecule has 13 heavy (non-hydrogen) atoms. The summed E-state index contributed by atoms with van der Waals surface area (Å²) in [6.45, 7) is -0.150. The van der Waals surface area contributed by atoms with Gasteiger partial charge in [-0.05, 0) is 17.5 Å². The number of hydrogen-bond acceptors (Lipinski definition) is 3. The molecule has 1 aromatic carbocycles. The molecule has 0 atom stereocenters. The largest absolute Gasteiger partial charge is 0.398 e. The second-order valence-corrected chi connectivity index (χ2v) is 3.66. The predicted octanol–water partition coefficient (Wildman–Crippen LogP) is 2.11. The number of benzene rings is 1. The average molecular weight is 197 g/mol. The molecule has 0 fully saturated rings. The standard InChI is InChI=1S/C9H8FNOS/c10-7-3-8(11)6(4-12)9-5(7)1-2-13-9/h1-3,12H,4,11H2. The van der Waals surface area contributed by atoms with Gasteiger partial charge in [0.15, 0.2) is 0 Å². The lowest BCUT2D eigenvalue weighted by Gasteiger charge is -2.04. The first-order valence-electron chi connectivity index (χ1n) is 3.79. The minimum Gasteiger partial charge on any atom is -0.398 e. The fourth-order valence-electron chi connectivity index (χ4n) is 1.33. The number of nitrogens with two attached hydrogens (primary N) is 1. The highest BCUT2D eigenvalue weighted by Crippen LogP contribution is 2.31. The lowest BCUT2D eigenvalue weighted by molar-refractivity contribution is 0.284. The normalized spacial score (nSPS) is 10.9. The van der Waals surface area contributed by atoms with Gasteiger partial charge in [-0.3, -0.25) is 0 Å². The summed E-state index contributed by atoms with van der Waals surface area (Å²) >= 11 is 1.39. The highest BCUT2D eigenvalue weighted by molar-refractivity contribution is 7.17. The number of hydrogen-bond donors (Lipinski definition) is 2. The van der Waals surface area contributed by atoms with E-state index in [1.807, 2.05) is 0 Å². The second-order valence-electron chi connectivity index (χ2n) is 2.75. The summed E-state index contributed by atoms with van der Waals surface area (Å²) in [4.78, 5) is 0. The van der Waals surface area contributed by atoms with Gasteiger partial charge in [0.25, 0.3) is 0 Å². The van der Waals surface area contributed by atoms with Gasteiger partial charge in [0.2, 0.25) is 0 Å². The Bertz CT molecular complexity index is 452. The van der Waals surface area contributed by atoms with Gasteiger partial charge in [0.05, 0.1) is 6.61 Å². The van der Waals surface area contributed by atoms with Crippen LogP contribution in [0.4, 0.5) is 10.1 Å². The lowest BCUT2D eigenvalue weighted by atomic mass is 10.1. The van der Waals surface area contributed by atoms with Gasteiger partial charge in [0.1, 0.15) is 5.82 Å². The van der Waals surface area contributed by atoms with Gasteiger partial charge >= 0.3 is 0 Å². The molecule has 0 aliphatic rings. The third kappa shape index (κ3) is 1.18. The second kappa shape index (κ2) is 2.97. The summed E-state index contributed by atoms with van der Waals surface area (Å²) < 4.78 is 14.0. The first kappa shape index (κ1) is 8.47. The molecule has 1 heterocycles.